The van der Waals surface area contributed by atoms with Crippen molar-refractivity contribution in [3.05, 3.63) is 41.1 Å². The number of hydrogen-bond donors (Lipinski definition) is 0. The maximum Gasteiger partial charge on any atom is 0.223 e. The highest BCUT2D eigenvalue weighted by molar-refractivity contribution is 6.28. The predicted octanol–water partition coefficient (Wildman–Crippen LogP) is 3.25. The van der Waals surface area contributed by atoms with Crippen LogP contribution in [0.1, 0.15) is 5.69 Å². The van der Waals surface area contributed by atoms with E-state index in [1.807, 2.05) is 0 Å². The number of hydrogen-bond acceptors (Lipinski definition) is 3. The molecule has 0 atom stereocenters. The monoisotopic (exact) mass is 252 g/mol. The lowest BCUT2D eigenvalue weighted by molar-refractivity contribution is 0.411. The molecule has 5 heteroatoms. The summed E-state index contributed by atoms with van der Waals surface area (Å²) >= 11 is 5.74. The molecule has 0 spiro atoms. The van der Waals surface area contributed by atoms with Crippen LogP contribution in [0.3, 0.4) is 0 Å². The Morgan fingerprint density at radius 1 is 1.24 bits per heavy atom. The summed E-state index contributed by atoms with van der Waals surface area (Å²) in [6, 6.07) is 6.26. The van der Waals surface area contributed by atoms with Crippen molar-refractivity contribution in [3.63, 3.8) is 0 Å². The summed E-state index contributed by atoms with van der Waals surface area (Å²) in [5.74, 6) is 0.0571. The smallest absolute Gasteiger partial charge is 0.223 e. The Hall–Kier alpha value is -1.68. The molecule has 0 amide bonds. The number of methoxy groups -OCH3 is 1. The summed E-state index contributed by atoms with van der Waals surface area (Å²) in [7, 11) is 1.49. The third kappa shape index (κ3) is 2.53. The highest BCUT2D eigenvalue weighted by atomic mass is 35.5. The van der Waals surface area contributed by atoms with Crippen LogP contribution < -0.4 is 4.74 Å². The number of halogens is 2. The third-order valence-electron chi connectivity index (χ3n) is 2.28. The summed E-state index contributed by atoms with van der Waals surface area (Å²) in [4.78, 5) is 7.92. The van der Waals surface area contributed by atoms with Crippen LogP contribution in [0.2, 0.25) is 5.28 Å². The van der Waals surface area contributed by atoms with E-state index in [2.05, 4.69) is 9.97 Å². The van der Waals surface area contributed by atoms with Crippen LogP contribution in [0, 0.1) is 12.7 Å². The molecule has 0 fully saturated rings. The lowest BCUT2D eigenvalue weighted by atomic mass is 10.1. The summed E-state index contributed by atoms with van der Waals surface area (Å²) in [6.07, 6.45) is 0. The van der Waals surface area contributed by atoms with E-state index in [-0.39, 0.29) is 5.28 Å². The number of benzene rings is 1. The summed E-state index contributed by atoms with van der Waals surface area (Å²) in [6.45, 7) is 1.78. The van der Waals surface area contributed by atoms with Crippen molar-refractivity contribution in [2.75, 3.05) is 7.11 Å². The molecule has 0 aliphatic carbocycles. The highest BCUT2D eigenvalue weighted by Gasteiger charge is 2.09. The van der Waals surface area contributed by atoms with Gasteiger partial charge in [-0.05, 0) is 36.7 Å². The van der Waals surface area contributed by atoms with Gasteiger partial charge in [-0.25, -0.2) is 14.4 Å². The van der Waals surface area contributed by atoms with Gasteiger partial charge in [0.25, 0.3) is 0 Å². The number of nitrogens with zero attached hydrogens (tertiary/aromatic N) is 2. The Morgan fingerprint density at radius 2 is 2.00 bits per heavy atom. The maximum atomic E-state index is 13.8. The molecule has 0 saturated heterocycles. The molecule has 1 aromatic heterocycles. The van der Waals surface area contributed by atoms with E-state index in [1.165, 1.54) is 13.2 Å². The van der Waals surface area contributed by atoms with Crippen LogP contribution in [0.15, 0.2) is 24.3 Å². The van der Waals surface area contributed by atoms with E-state index in [0.29, 0.717) is 22.7 Å². The molecule has 0 radical (unpaired) electrons. The van der Waals surface area contributed by atoms with Crippen molar-refractivity contribution in [2.24, 2.45) is 0 Å². The fourth-order valence-corrected chi connectivity index (χ4v) is 1.73. The maximum absolute atomic E-state index is 13.8. The molecule has 1 aromatic carbocycles. The van der Waals surface area contributed by atoms with Crippen LogP contribution in [0.25, 0.3) is 11.3 Å². The molecule has 3 nitrogen and oxygen atoms in total. The summed E-state index contributed by atoms with van der Waals surface area (Å²) in [5.41, 5.74) is 1.52. The highest BCUT2D eigenvalue weighted by Crippen LogP contribution is 2.25. The van der Waals surface area contributed by atoms with Gasteiger partial charge in [-0.2, -0.15) is 0 Å². The number of aromatic nitrogens is 2. The quantitative estimate of drug-likeness (QED) is 0.770. The SMILES string of the molecule is COc1ccc(-c2cc(C)nc(Cl)n2)c(F)c1. The van der Waals surface area contributed by atoms with Crippen molar-refractivity contribution >= 4 is 11.6 Å². The van der Waals surface area contributed by atoms with E-state index in [1.54, 1.807) is 25.1 Å². The summed E-state index contributed by atoms with van der Waals surface area (Å²) in [5, 5.41) is 0.107. The van der Waals surface area contributed by atoms with Crippen molar-refractivity contribution in [3.8, 4) is 17.0 Å². The van der Waals surface area contributed by atoms with Crippen molar-refractivity contribution < 1.29 is 9.13 Å². The Balaban J connectivity index is 2.52. The molecule has 0 unspecified atom stereocenters. The minimum atomic E-state index is -0.404. The standard InChI is InChI=1S/C12H10ClFN2O/c1-7-5-11(16-12(13)15-7)9-4-3-8(17-2)6-10(9)14/h3-6H,1-2H3. The summed E-state index contributed by atoms with van der Waals surface area (Å²) < 4.78 is 18.7. The molecule has 0 aliphatic rings. The van der Waals surface area contributed by atoms with E-state index >= 15 is 0 Å². The zero-order chi connectivity index (χ0) is 12.4. The normalized spacial score (nSPS) is 10.4. The van der Waals surface area contributed by atoms with Crippen LogP contribution in [-0.2, 0) is 0 Å². The first kappa shape index (κ1) is 11.8. The molecule has 1 heterocycles. The van der Waals surface area contributed by atoms with Gasteiger partial charge < -0.3 is 4.74 Å². The second-order valence-corrected chi connectivity index (χ2v) is 3.85. The largest absolute Gasteiger partial charge is 0.497 e. The molecule has 0 saturated carbocycles. The molecule has 17 heavy (non-hydrogen) atoms. The average molecular weight is 253 g/mol. The number of rotatable bonds is 2. The van der Waals surface area contributed by atoms with E-state index in [0.717, 1.165) is 0 Å². The Morgan fingerprint density at radius 3 is 2.59 bits per heavy atom. The van der Waals surface area contributed by atoms with Crippen molar-refractivity contribution in [1.29, 1.82) is 0 Å². The lowest BCUT2D eigenvalue weighted by Crippen LogP contribution is -1.94. The topological polar surface area (TPSA) is 35.0 Å². The van der Waals surface area contributed by atoms with Gasteiger partial charge in [0.05, 0.1) is 12.8 Å². The van der Waals surface area contributed by atoms with Crippen LogP contribution >= 0.6 is 11.6 Å². The van der Waals surface area contributed by atoms with Gasteiger partial charge in [-0.3, -0.25) is 0 Å². The van der Waals surface area contributed by atoms with Gasteiger partial charge in [-0.15, -0.1) is 0 Å². The minimum Gasteiger partial charge on any atom is -0.497 e. The first-order chi connectivity index (χ1) is 8.10. The molecular formula is C12H10ClFN2O. The van der Waals surface area contributed by atoms with Gasteiger partial charge in [0.2, 0.25) is 5.28 Å². The van der Waals surface area contributed by atoms with Crippen LogP contribution in [-0.4, -0.2) is 17.1 Å². The van der Waals surface area contributed by atoms with Gasteiger partial charge >= 0.3 is 0 Å². The molecule has 2 aromatic rings. The fourth-order valence-electron chi connectivity index (χ4n) is 1.50. The Kier molecular flexibility index (Phi) is 3.24. The predicted molar refractivity (Wildman–Crippen MR) is 63.7 cm³/mol. The average Bonchev–Trinajstić information content (AvgIpc) is 2.27. The second-order valence-electron chi connectivity index (χ2n) is 3.51. The van der Waals surface area contributed by atoms with E-state index < -0.39 is 5.82 Å². The molecule has 2 rings (SSSR count). The zero-order valence-electron chi connectivity index (χ0n) is 9.37. The Labute approximate surface area is 103 Å². The fraction of sp³-hybridized carbons (Fsp3) is 0.167. The van der Waals surface area contributed by atoms with E-state index in [4.69, 9.17) is 16.3 Å². The second kappa shape index (κ2) is 4.67. The lowest BCUT2D eigenvalue weighted by Gasteiger charge is -2.06. The van der Waals surface area contributed by atoms with Gasteiger partial charge in [0.1, 0.15) is 11.6 Å². The molecule has 88 valence electrons. The van der Waals surface area contributed by atoms with Crippen LogP contribution in [0.4, 0.5) is 4.39 Å². The molecule has 0 aliphatic heterocycles. The zero-order valence-corrected chi connectivity index (χ0v) is 10.1. The van der Waals surface area contributed by atoms with Gasteiger partial charge in [0.15, 0.2) is 0 Å². The third-order valence-corrected chi connectivity index (χ3v) is 2.45. The molecule has 0 N–H and O–H groups in total. The van der Waals surface area contributed by atoms with Crippen molar-refractivity contribution in [2.45, 2.75) is 6.92 Å². The minimum absolute atomic E-state index is 0.107. The first-order valence-electron chi connectivity index (χ1n) is 4.95. The Bertz CT molecular complexity index is 540. The van der Waals surface area contributed by atoms with Crippen molar-refractivity contribution in [1.82, 2.24) is 9.97 Å². The first-order valence-corrected chi connectivity index (χ1v) is 5.33. The van der Waals surface area contributed by atoms with Gasteiger partial charge in [0, 0.05) is 17.3 Å². The van der Waals surface area contributed by atoms with Crippen LogP contribution in [0.5, 0.6) is 5.75 Å². The molecular weight excluding hydrogens is 243 g/mol. The number of ether oxygens (including phenoxy) is 1. The molecule has 0 bridgehead atoms. The van der Waals surface area contributed by atoms with E-state index in [9.17, 15) is 4.39 Å². The van der Waals surface area contributed by atoms with Gasteiger partial charge in [-0.1, -0.05) is 0 Å². The number of aryl methyl sites for hydroxylation is 1.